The Balaban J connectivity index is 1.42. The average Bonchev–Trinajstić information content (AvgIpc) is 2.92. The lowest BCUT2D eigenvalue weighted by molar-refractivity contribution is -0.119. The molecule has 0 radical (unpaired) electrons. The van der Waals surface area contributed by atoms with Gasteiger partial charge in [-0.2, -0.15) is 5.10 Å². The number of anilines is 1. The highest BCUT2D eigenvalue weighted by Gasteiger charge is 2.27. The number of aryl methyl sites for hydroxylation is 2. The fourth-order valence-corrected chi connectivity index (χ4v) is 5.52. The summed E-state index contributed by atoms with van der Waals surface area (Å²) >= 11 is 6.17. The van der Waals surface area contributed by atoms with Crippen molar-refractivity contribution >= 4 is 39.4 Å². The first-order chi connectivity index (χ1) is 18.7. The number of carbonyl (C=O) groups is 1. The van der Waals surface area contributed by atoms with E-state index in [0.717, 1.165) is 26.6 Å². The predicted octanol–water partition coefficient (Wildman–Crippen LogP) is 5.88. The van der Waals surface area contributed by atoms with Gasteiger partial charge in [-0.05, 0) is 85.1 Å². The smallest absolute Gasteiger partial charge is 0.264 e. The first kappa shape index (κ1) is 27.9. The van der Waals surface area contributed by atoms with E-state index in [2.05, 4.69) is 10.5 Å². The highest BCUT2D eigenvalue weighted by Crippen LogP contribution is 2.26. The number of hydrogen-bond donors (Lipinski definition) is 1. The topological polar surface area (TPSA) is 88.1 Å². The van der Waals surface area contributed by atoms with Gasteiger partial charge in [0, 0.05) is 10.6 Å². The van der Waals surface area contributed by atoms with Crippen LogP contribution >= 0.6 is 11.6 Å². The number of hydrazone groups is 1. The van der Waals surface area contributed by atoms with Crippen molar-refractivity contribution in [2.24, 2.45) is 5.10 Å². The monoisotopic (exact) mass is 561 g/mol. The molecule has 0 aliphatic carbocycles. The molecular formula is C30H28ClN3O4S. The Labute approximate surface area is 233 Å². The van der Waals surface area contributed by atoms with Gasteiger partial charge < -0.3 is 4.74 Å². The second kappa shape index (κ2) is 12.6. The zero-order valence-corrected chi connectivity index (χ0v) is 23.1. The average molecular weight is 562 g/mol. The van der Waals surface area contributed by atoms with Crippen molar-refractivity contribution in [2.75, 3.05) is 10.8 Å². The van der Waals surface area contributed by atoms with Gasteiger partial charge in [0.25, 0.3) is 15.9 Å². The van der Waals surface area contributed by atoms with Gasteiger partial charge in [0.2, 0.25) is 0 Å². The van der Waals surface area contributed by atoms with Crippen molar-refractivity contribution in [3.63, 3.8) is 0 Å². The number of benzene rings is 4. The molecule has 200 valence electrons. The fraction of sp³-hybridized carbons (Fsp3) is 0.133. The fourth-order valence-electron chi connectivity index (χ4n) is 3.90. The Morgan fingerprint density at radius 3 is 2.23 bits per heavy atom. The third kappa shape index (κ3) is 7.46. The van der Waals surface area contributed by atoms with Gasteiger partial charge in [-0.25, -0.2) is 13.8 Å². The quantitative estimate of drug-likeness (QED) is 0.193. The third-order valence-corrected chi connectivity index (χ3v) is 7.90. The van der Waals surface area contributed by atoms with Crippen molar-refractivity contribution in [1.82, 2.24) is 5.43 Å². The summed E-state index contributed by atoms with van der Waals surface area (Å²) in [5.74, 6) is 0.0796. The maximum Gasteiger partial charge on any atom is 0.264 e. The molecule has 0 aromatic heterocycles. The lowest BCUT2D eigenvalue weighted by atomic mass is 10.1. The number of nitrogens with one attached hydrogen (secondary N) is 1. The van der Waals surface area contributed by atoms with Gasteiger partial charge in [0.15, 0.2) is 0 Å². The molecule has 0 aliphatic rings. The van der Waals surface area contributed by atoms with E-state index in [0.29, 0.717) is 23.1 Å². The molecule has 0 atom stereocenters. The summed E-state index contributed by atoms with van der Waals surface area (Å²) < 4.78 is 33.8. The van der Waals surface area contributed by atoms with Crippen LogP contribution in [0.15, 0.2) is 107 Å². The van der Waals surface area contributed by atoms with Gasteiger partial charge >= 0.3 is 0 Å². The molecule has 0 heterocycles. The predicted molar refractivity (Wildman–Crippen MR) is 155 cm³/mol. The van der Waals surface area contributed by atoms with Gasteiger partial charge in [0.1, 0.15) is 18.9 Å². The van der Waals surface area contributed by atoms with Crippen molar-refractivity contribution in [3.8, 4) is 5.75 Å². The van der Waals surface area contributed by atoms with E-state index in [1.165, 1.54) is 18.3 Å². The molecule has 7 nitrogen and oxygen atoms in total. The summed E-state index contributed by atoms with van der Waals surface area (Å²) in [7, 11) is -3.99. The van der Waals surface area contributed by atoms with Crippen LogP contribution in [-0.4, -0.2) is 27.1 Å². The molecule has 4 rings (SSSR count). The van der Waals surface area contributed by atoms with Crippen molar-refractivity contribution in [1.29, 1.82) is 0 Å². The highest BCUT2D eigenvalue weighted by molar-refractivity contribution is 7.92. The molecule has 0 aliphatic heterocycles. The van der Waals surface area contributed by atoms with Crippen LogP contribution in [0, 0.1) is 13.8 Å². The van der Waals surface area contributed by atoms with Crippen LogP contribution in [0.2, 0.25) is 5.02 Å². The lowest BCUT2D eigenvalue weighted by Gasteiger charge is -2.24. The summed E-state index contributed by atoms with van der Waals surface area (Å²) in [5, 5.41) is 4.65. The molecule has 0 spiro atoms. The molecule has 4 aromatic carbocycles. The summed E-state index contributed by atoms with van der Waals surface area (Å²) in [5.41, 5.74) is 6.22. The van der Waals surface area contributed by atoms with E-state index >= 15 is 0 Å². The molecule has 4 aromatic rings. The number of carbonyl (C=O) groups excluding carboxylic acids is 1. The summed E-state index contributed by atoms with van der Waals surface area (Å²) in [4.78, 5) is 12.9. The standard InChI is InChI=1S/C30H28ClN3O4S/c1-22-16-23(2)18-26(17-22)34(39(36,37)28-9-4-3-5-10-28)20-30(35)33-32-19-24-12-14-27(15-13-24)38-21-25-8-6-7-11-29(25)31/h3-19H,20-21H2,1-2H3,(H,33,35)/b32-19-. The zero-order chi connectivity index (χ0) is 27.8. The van der Waals surface area contributed by atoms with E-state index in [-0.39, 0.29) is 4.90 Å². The molecule has 0 bridgehead atoms. The minimum absolute atomic E-state index is 0.0947. The van der Waals surface area contributed by atoms with E-state index in [1.807, 2.05) is 44.2 Å². The van der Waals surface area contributed by atoms with Gasteiger partial charge in [-0.15, -0.1) is 0 Å². The number of hydrogen-bond acceptors (Lipinski definition) is 5. The molecule has 0 fully saturated rings. The number of rotatable bonds is 10. The molecule has 0 saturated heterocycles. The van der Waals surface area contributed by atoms with Crippen molar-refractivity contribution in [3.05, 3.63) is 124 Å². The molecule has 1 N–H and O–H groups in total. The van der Waals surface area contributed by atoms with Crippen LogP contribution in [0.25, 0.3) is 0 Å². The number of halogens is 1. The van der Waals surface area contributed by atoms with Crippen LogP contribution in [0.1, 0.15) is 22.3 Å². The Bertz CT molecular complexity index is 1550. The number of amides is 1. The van der Waals surface area contributed by atoms with Crippen LogP contribution in [-0.2, 0) is 21.4 Å². The van der Waals surface area contributed by atoms with E-state index in [9.17, 15) is 13.2 Å². The lowest BCUT2D eigenvalue weighted by Crippen LogP contribution is -2.39. The van der Waals surface area contributed by atoms with Crippen LogP contribution in [0.4, 0.5) is 5.69 Å². The first-order valence-electron chi connectivity index (χ1n) is 12.2. The summed E-state index contributed by atoms with van der Waals surface area (Å²) in [6.07, 6.45) is 1.47. The molecule has 39 heavy (non-hydrogen) atoms. The van der Waals surface area contributed by atoms with Crippen LogP contribution in [0.5, 0.6) is 5.75 Å². The minimum Gasteiger partial charge on any atom is -0.489 e. The largest absolute Gasteiger partial charge is 0.489 e. The second-order valence-corrected chi connectivity index (χ2v) is 11.2. The van der Waals surface area contributed by atoms with E-state index in [1.54, 1.807) is 54.6 Å². The van der Waals surface area contributed by atoms with Crippen molar-refractivity contribution in [2.45, 2.75) is 25.3 Å². The van der Waals surface area contributed by atoms with E-state index < -0.39 is 22.5 Å². The second-order valence-electron chi connectivity index (χ2n) is 8.91. The molecule has 0 saturated carbocycles. The molecular weight excluding hydrogens is 534 g/mol. The summed E-state index contributed by atoms with van der Waals surface area (Å²) in [6, 6.07) is 28.1. The SMILES string of the molecule is Cc1cc(C)cc(N(CC(=O)N/N=C\c2ccc(OCc3ccccc3Cl)cc2)S(=O)(=O)c2ccccc2)c1. The van der Waals surface area contributed by atoms with Crippen molar-refractivity contribution < 1.29 is 17.9 Å². The Hall–Kier alpha value is -4.14. The van der Waals surface area contributed by atoms with Crippen LogP contribution in [0.3, 0.4) is 0 Å². The number of ether oxygens (including phenoxy) is 1. The van der Waals surface area contributed by atoms with E-state index in [4.69, 9.17) is 16.3 Å². The molecule has 1 amide bonds. The van der Waals surface area contributed by atoms with Crippen LogP contribution < -0.4 is 14.5 Å². The first-order valence-corrected chi connectivity index (χ1v) is 14.0. The Kier molecular flexibility index (Phi) is 9.01. The van der Waals surface area contributed by atoms with Gasteiger partial charge in [0.05, 0.1) is 16.8 Å². The Morgan fingerprint density at radius 2 is 1.56 bits per heavy atom. The number of nitrogens with zero attached hydrogens (tertiary/aromatic N) is 2. The molecule has 0 unspecified atom stereocenters. The maximum atomic E-state index is 13.5. The van der Waals surface area contributed by atoms with Gasteiger partial charge in [-0.3, -0.25) is 9.10 Å². The Morgan fingerprint density at radius 1 is 0.923 bits per heavy atom. The molecule has 9 heteroatoms. The summed E-state index contributed by atoms with van der Waals surface area (Å²) in [6.45, 7) is 3.65. The normalized spacial score (nSPS) is 11.4. The third-order valence-electron chi connectivity index (χ3n) is 5.75. The number of sulfonamides is 1. The minimum atomic E-state index is -3.99. The zero-order valence-electron chi connectivity index (χ0n) is 21.5. The highest BCUT2D eigenvalue weighted by atomic mass is 35.5. The maximum absolute atomic E-state index is 13.5. The van der Waals surface area contributed by atoms with Gasteiger partial charge in [-0.1, -0.05) is 54.1 Å².